The van der Waals surface area contributed by atoms with Gasteiger partial charge >= 0.3 is 7.32 Å². The maximum Gasteiger partial charge on any atom is 0.641 e. The van der Waals surface area contributed by atoms with Gasteiger partial charge in [0.15, 0.2) is 0 Å². The fourth-order valence-corrected chi connectivity index (χ4v) is 2.79. The Labute approximate surface area is 132 Å². The smallest absolute Gasteiger partial charge is 0.374 e. The van der Waals surface area contributed by atoms with E-state index in [0.29, 0.717) is 0 Å². The van der Waals surface area contributed by atoms with E-state index in [0.717, 1.165) is 24.3 Å². The van der Waals surface area contributed by atoms with Crippen molar-refractivity contribution in [3.05, 3.63) is 0 Å². The van der Waals surface area contributed by atoms with E-state index in [1.54, 1.807) is 23.5 Å². The van der Waals surface area contributed by atoms with Crippen LogP contribution in [0, 0.1) is 0 Å². The van der Waals surface area contributed by atoms with Gasteiger partial charge in [0.2, 0.25) is 0 Å². The second-order valence-electron chi connectivity index (χ2n) is 4.17. The molecule has 0 radical (unpaired) electrons. The summed E-state index contributed by atoms with van der Waals surface area (Å²) in [5, 5.41) is 0. The number of thiol groups is 1. The highest BCUT2D eigenvalue weighted by Gasteiger charge is 2.28. The third-order valence-corrected chi connectivity index (χ3v) is 4.60. The molecule has 114 valence electrons. The molecule has 0 N–H and O–H groups in total. The van der Waals surface area contributed by atoms with Crippen molar-refractivity contribution in [2.24, 2.45) is 0 Å². The Morgan fingerprint density at radius 3 is 1.63 bits per heavy atom. The zero-order valence-corrected chi connectivity index (χ0v) is 15.2. The summed E-state index contributed by atoms with van der Waals surface area (Å²) in [5.41, 5.74) is -0.0995. The molecule has 0 rings (SSSR count). The van der Waals surface area contributed by atoms with E-state index in [1.165, 1.54) is 0 Å². The van der Waals surface area contributed by atoms with Crippen LogP contribution < -0.4 is 0 Å². The van der Waals surface area contributed by atoms with Gasteiger partial charge in [0, 0.05) is 0 Å². The van der Waals surface area contributed by atoms with Gasteiger partial charge in [-0.1, -0.05) is 13.8 Å². The van der Waals surface area contributed by atoms with Crippen molar-refractivity contribution in [1.29, 1.82) is 0 Å². The molecule has 0 aromatic heterocycles. The molecule has 0 spiro atoms. The van der Waals surface area contributed by atoms with E-state index >= 15 is 0 Å². The largest absolute Gasteiger partial charge is 0.641 e. The molecule has 19 heavy (non-hydrogen) atoms. The number of rotatable bonds is 12. The SMILES string of the molecule is CCCSC(C)OB(OC(C)S)OC(C)SCCC. The van der Waals surface area contributed by atoms with Gasteiger partial charge in [-0.25, -0.2) is 0 Å². The summed E-state index contributed by atoms with van der Waals surface area (Å²) in [5.74, 6) is 2.15. The topological polar surface area (TPSA) is 27.7 Å². The van der Waals surface area contributed by atoms with Gasteiger partial charge in [-0.05, 0) is 45.1 Å². The normalized spacial score (nSPS) is 16.1. The van der Waals surface area contributed by atoms with Crippen LogP contribution >= 0.6 is 36.2 Å². The van der Waals surface area contributed by atoms with Crippen LogP contribution in [-0.2, 0) is 14.0 Å². The zero-order valence-electron chi connectivity index (χ0n) is 12.6. The molecule has 0 aliphatic heterocycles. The Morgan fingerprint density at radius 2 is 1.32 bits per heavy atom. The Kier molecular flexibility index (Phi) is 13.4. The van der Waals surface area contributed by atoms with E-state index in [9.17, 15) is 0 Å². The molecule has 0 aromatic rings. The van der Waals surface area contributed by atoms with Gasteiger partial charge in [0.1, 0.15) is 0 Å². The van der Waals surface area contributed by atoms with E-state index in [2.05, 4.69) is 26.5 Å². The average molecular weight is 326 g/mol. The molecule has 0 amide bonds. The van der Waals surface area contributed by atoms with E-state index in [4.69, 9.17) is 14.0 Å². The molecule has 0 aliphatic carbocycles. The quantitative estimate of drug-likeness (QED) is 0.328. The zero-order chi connectivity index (χ0) is 14.7. The Balaban J connectivity index is 4.13. The van der Waals surface area contributed by atoms with E-state index in [1.807, 2.05) is 20.8 Å². The highest BCUT2D eigenvalue weighted by Crippen LogP contribution is 2.19. The molecule has 0 aliphatic rings. The van der Waals surface area contributed by atoms with Gasteiger partial charge in [-0.15, -0.1) is 36.2 Å². The van der Waals surface area contributed by atoms with Crippen molar-refractivity contribution in [2.45, 2.75) is 63.8 Å². The van der Waals surface area contributed by atoms with Gasteiger partial charge in [0.25, 0.3) is 0 Å². The maximum absolute atomic E-state index is 5.77. The van der Waals surface area contributed by atoms with Crippen LogP contribution in [0.25, 0.3) is 0 Å². The minimum atomic E-state index is -0.647. The van der Waals surface area contributed by atoms with Crippen molar-refractivity contribution in [1.82, 2.24) is 0 Å². The van der Waals surface area contributed by atoms with Gasteiger partial charge < -0.3 is 14.0 Å². The lowest BCUT2D eigenvalue weighted by Crippen LogP contribution is -2.34. The summed E-state index contributed by atoms with van der Waals surface area (Å²) in [6.07, 6.45) is 2.27. The third kappa shape index (κ3) is 12.4. The van der Waals surface area contributed by atoms with E-state index < -0.39 is 7.32 Å². The molecule has 3 atom stereocenters. The highest BCUT2D eigenvalue weighted by molar-refractivity contribution is 8.00. The van der Waals surface area contributed by atoms with Crippen LogP contribution in [0.1, 0.15) is 47.5 Å². The first kappa shape index (κ1) is 20.0. The lowest BCUT2D eigenvalue weighted by molar-refractivity contribution is 0.0814. The second-order valence-corrected chi connectivity index (χ2v) is 7.71. The summed E-state index contributed by atoms with van der Waals surface area (Å²) in [7, 11) is -0.647. The highest BCUT2D eigenvalue weighted by atomic mass is 32.2. The molecule has 0 bridgehead atoms. The van der Waals surface area contributed by atoms with Crippen LogP contribution in [0.2, 0.25) is 0 Å². The van der Waals surface area contributed by atoms with Crippen LogP contribution in [0.4, 0.5) is 0 Å². The molecule has 0 saturated heterocycles. The van der Waals surface area contributed by atoms with Crippen molar-refractivity contribution in [2.75, 3.05) is 11.5 Å². The predicted molar refractivity (Wildman–Crippen MR) is 91.9 cm³/mol. The standard InChI is InChI=1S/C12H27BO3S3/c1-6-8-18-11(4)15-13(14-10(3)17)16-12(5)19-9-7-2/h10-12,17H,6-9H2,1-5H3. The molecule has 0 aromatic carbocycles. The maximum atomic E-state index is 5.77. The molecular weight excluding hydrogens is 299 g/mol. The number of hydrogen-bond acceptors (Lipinski definition) is 6. The molecule has 0 fully saturated rings. The first-order valence-corrected chi connectivity index (χ1v) is 9.48. The summed E-state index contributed by atoms with van der Waals surface area (Å²) >= 11 is 7.75. The summed E-state index contributed by atoms with van der Waals surface area (Å²) in [6.45, 7) is 10.2. The third-order valence-electron chi connectivity index (χ3n) is 2.03. The van der Waals surface area contributed by atoms with Crippen LogP contribution in [0.3, 0.4) is 0 Å². The Morgan fingerprint density at radius 1 is 0.895 bits per heavy atom. The molecule has 0 heterocycles. The first-order chi connectivity index (χ1) is 8.99. The fourth-order valence-electron chi connectivity index (χ4n) is 1.22. The summed E-state index contributed by atoms with van der Waals surface area (Å²) in [4.78, 5) is 0. The lowest BCUT2D eigenvalue weighted by atomic mass is 10.2. The average Bonchev–Trinajstić information content (AvgIpc) is 2.32. The number of hydrogen-bond donors (Lipinski definition) is 1. The van der Waals surface area contributed by atoms with Gasteiger partial charge in [-0.2, -0.15) is 0 Å². The monoisotopic (exact) mass is 326 g/mol. The van der Waals surface area contributed by atoms with Crippen molar-refractivity contribution in [3.8, 4) is 0 Å². The van der Waals surface area contributed by atoms with E-state index in [-0.39, 0.29) is 16.3 Å². The molecular formula is C12H27BO3S3. The summed E-state index contributed by atoms with van der Waals surface area (Å²) in [6, 6.07) is 0. The van der Waals surface area contributed by atoms with Crippen LogP contribution in [-0.4, -0.2) is 35.1 Å². The lowest BCUT2D eigenvalue weighted by Gasteiger charge is -2.23. The van der Waals surface area contributed by atoms with Gasteiger partial charge in [-0.3, -0.25) is 0 Å². The minimum Gasteiger partial charge on any atom is -0.374 e. The Hall–Kier alpha value is 0.995. The molecule has 3 nitrogen and oxygen atoms in total. The second kappa shape index (κ2) is 12.7. The molecule has 3 unspecified atom stereocenters. The van der Waals surface area contributed by atoms with Crippen molar-refractivity contribution >= 4 is 43.5 Å². The molecule has 0 saturated carbocycles. The number of thioether (sulfide) groups is 2. The van der Waals surface area contributed by atoms with Gasteiger partial charge in [0.05, 0.1) is 16.3 Å². The fraction of sp³-hybridized carbons (Fsp3) is 1.00. The van der Waals surface area contributed by atoms with Crippen molar-refractivity contribution in [3.63, 3.8) is 0 Å². The molecule has 7 heteroatoms. The summed E-state index contributed by atoms with van der Waals surface area (Å²) < 4.78 is 17.1. The van der Waals surface area contributed by atoms with Crippen LogP contribution in [0.5, 0.6) is 0 Å². The first-order valence-electron chi connectivity index (χ1n) is 6.87. The minimum absolute atomic E-state index is 0.0559. The predicted octanol–water partition coefficient (Wildman–Crippen LogP) is 4.28. The van der Waals surface area contributed by atoms with Crippen molar-refractivity contribution < 1.29 is 14.0 Å². The Bertz CT molecular complexity index is 195. The van der Waals surface area contributed by atoms with Crippen LogP contribution in [0.15, 0.2) is 0 Å².